The summed E-state index contributed by atoms with van der Waals surface area (Å²) < 4.78 is 0. The third-order valence-electron chi connectivity index (χ3n) is 4.06. The van der Waals surface area contributed by atoms with Crippen molar-refractivity contribution in [1.82, 2.24) is 10.6 Å². The number of aryl methyl sites for hydroxylation is 1. The van der Waals surface area contributed by atoms with Gasteiger partial charge in [0.05, 0.1) is 11.5 Å². The van der Waals surface area contributed by atoms with Gasteiger partial charge in [-0.2, -0.15) is 0 Å². The highest BCUT2D eigenvalue weighted by atomic mass is 16.3. The molecule has 0 saturated carbocycles. The minimum Gasteiger partial charge on any atom is -0.387 e. The van der Waals surface area contributed by atoms with Crippen LogP contribution in [0.4, 0.5) is 0 Å². The molecular formula is C16H24N2O2. The van der Waals surface area contributed by atoms with Gasteiger partial charge >= 0.3 is 0 Å². The molecule has 1 aromatic carbocycles. The van der Waals surface area contributed by atoms with Gasteiger partial charge in [0.15, 0.2) is 0 Å². The second-order valence-electron chi connectivity index (χ2n) is 5.98. The maximum atomic E-state index is 12.2. The predicted molar refractivity (Wildman–Crippen MR) is 79.4 cm³/mol. The fraction of sp³-hybridized carbons (Fsp3) is 0.562. The molecule has 4 heteroatoms. The van der Waals surface area contributed by atoms with E-state index in [9.17, 15) is 9.90 Å². The Balaban J connectivity index is 1.88. The molecule has 2 atom stereocenters. The average molecular weight is 276 g/mol. The molecule has 0 radical (unpaired) electrons. The van der Waals surface area contributed by atoms with Crippen LogP contribution >= 0.6 is 0 Å². The molecule has 1 heterocycles. The predicted octanol–water partition coefficient (Wildman–Crippen LogP) is 1.53. The van der Waals surface area contributed by atoms with E-state index in [-0.39, 0.29) is 17.9 Å². The molecule has 0 aliphatic carbocycles. The Bertz CT molecular complexity index is 450. The number of hydrogen-bond donors (Lipinski definition) is 3. The van der Waals surface area contributed by atoms with Crippen molar-refractivity contribution in [1.29, 1.82) is 0 Å². The molecule has 1 aromatic rings. The zero-order chi connectivity index (χ0) is 14.6. The van der Waals surface area contributed by atoms with Crippen LogP contribution in [-0.2, 0) is 4.79 Å². The fourth-order valence-electron chi connectivity index (χ4n) is 2.56. The number of aliphatic hydroxyl groups is 1. The second kappa shape index (κ2) is 6.37. The topological polar surface area (TPSA) is 61.4 Å². The first kappa shape index (κ1) is 15.0. The molecular weight excluding hydrogens is 252 g/mol. The first-order valence-electron chi connectivity index (χ1n) is 7.25. The standard InChI is InChI=1S/C16H24N2O2/c1-12-4-6-13(7-5-12)14(19)10-18-15(20)16(2)8-3-9-17-11-16/h4-7,14,17,19H,3,8-11H2,1-2H3,(H,18,20). The van der Waals surface area contributed by atoms with Crippen LogP contribution < -0.4 is 10.6 Å². The van der Waals surface area contributed by atoms with E-state index in [1.165, 1.54) is 0 Å². The van der Waals surface area contributed by atoms with Crippen molar-refractivity contribution in [2.75, 3.05) is 19.6 Å². The summed E-state index contributed by atoms with van der Waals surface area (Å²) in [6, 6.07) is 7.73. The molecule has 3 N–H and O–H groups in total. The van der Waals surface area contributed by atoms with Crippen LogP contribution in [0.5, 0.6) is 0 Å². The number of carbonyl (C=O) groups excluding carboxylic acids is 1. The van der Waals surface area contributed by atoms with E-state index in [1.807, 2.05) is 38.1 Å². The summed E-state index contributed by atoms with van der Waals surface area (Å²) in [6.45, 7) is 5.94. The van der Waals surface area contributed by atoms with E-state index >= 15 is 0 Å². The smallest absolute Gasteiger partial charge is 0.227 e. The lowest BCUT2D eigenvalue weighted by Crippen LogP contribution is -2.49. The van der Waals surface area contributed by atoms with E-state index in [4.69, 9.17) is 0 Å². The molecule has 1 saturated heterocycles. The van der Waals surface area contributed by atoms with Crippen LogP contribution in [0.1, 0.15) is 37.0 Å². The maximum Gasteiger partial charge on any atom is 0.227 e. The molecule has 0 bridgehead atoms. The average Bonchev–Trinajstić information content (AvgIpc) is 2.46. The minimum absolute atomic E-state index is 0.0239. The molecule has 1 aliphatic rings. The van der Waals surface area contributed by atoms with Gasteiger partial charge in [0.2, 0.25) is 5.91 Å². The summed E-state index contributed by atoms with van der Waals surface area (Å²) in [7, 11) is 0. The van der Waals surface area contributed by atoms with E-state index in [0.717, 1.165) is 30.5 Å². The Morgan fingerprint density at radius 1 is 1.45 bits per heavy atom. The maximum absolute atomic E-state index is 12.2. The molecule has 0 aromatic heterocycles. The van der Waals surface area contributed by atoms with Crippen LogP contribution in [0.15, 0.2) is 24.3 Å². The largest absolute Gasteiger partial charge is 0.387 e. The highest BCUT2D eigenvalue weighted by Crippen LogP contribution is 2.25. The van der Waals surface area contributed by atoms with Crippen LogP contribution in [0.2, 0.25) is 0 Å². The highest BCUT2D eigenvalue weighted by Gasteiger charge is 2.34. The van der Waals surface area contributed by atoms with Gasteiger partial charge in [0.25, 0.3) is 0 Å². The van der Waals surface area contributed by atoms with Crippen molar-refractivity contribution in [3.63, 3.8) is 0 Å². The van der Waals surface area contributed by atoms with E-state index in [2.05, 4.69) is 10.6 Å². The molecule has 2 unspecified atom stereocenters. The third-order valence-corrected chi connectivity index (χ3v) is 4.06. The van der Waals surface area contributed by atoms with E-state index in [0.29, 0.717) is 6.54 Å². The number of carbonyl (C=O) groups is 1. The zero-order valence-corrected chi connectivity index (χ0v) is 12.3. The molecule has 1 amide bonds. The highest BCUT2D eigenvalue weighted by molar-refractivity contribution is 5.82. The Morgan fingerprint density at radius 2 is 2.15 bits per heavy atom. The third kappa shape index (κ3) is 3.58. The molecule has 1 fully saturated rings. The van der Waals surface area contributed by atoms with Crippen molar-refractivity contribution in [2.45, 2.75) is 32.8 Å². The Kier molecular flexibility index (Phi) is 4.78. The van der Waals surface area contributed by atoms with Gasteiger partial charge in [-0.3, -0.25) is 4.79 Å². The summed E-state index contributed by atoms with van der Waals surface area (Å²) >= 11 is 0. The SMILES string of the molecule is Cc1ccc(C(O)CNC(=O)C2(C)CCCNC2)cc1. The number of hydrogen-bond acceptors (Lipinski definition) is 3. The second-order valence-corrected chi connectivity index (χ2v) is 5.98. The molecule has 20 heavy (non-hydrogen) atoms. The van der Waals surface area contributed by atoms with Gasteiger partial charge in [-0.25, -0.2) is 0 Å². The summed E-state index contributed by atoms with van der Waals surface area (Å²) in [6.07, 6.45) is 1.26. The number of rotatable bonds is 4. The van der Waals surface area contributed by atoms with E-state index in [1.54, 1.807) is 0 Å². The van der Waals surface area contributed by atoms with Gasteiger partial charge in [-0.1, -0.05) is 29.8 Å². The summed E-state index contributed by atoms with van der Waals surface area (Å²) in [5, 5.41) is 16.2. The molecule has 1 aliphatic heterocycles. The van der Waals surface area contributed by atoms with Gasteiger partial charge in [0.1, 0.15) is 0 Å². The van der Waals surface area contributed by atoms with Crippen molar-refractivity contribution in [3.8, 4) is 0 Å². The lowest BCUT2D eigenvalue weighted by Gasteiger charge is -2.32. The van der Waals surface area contributed by atoms with Crippen LogP contribution in [0, 0.1) is 12.3 Å². The first-order valence-corrected chi connectivity index (χ1v) is 7.25. The molecule has 4 nitrogen and oxygen atoms in total. The van der Waals surface area contributed by atoms with Crippen LogP contribution in [0.3, 0.4) is 0 Å². The Morgan fingerprint density at radius 3 is 2.75 bits per heavy atom. The monoisotopic (exact) mass is 276 g/mol. The summed E-state index contributed by atoms with van der Waals surface area (Å²) in [5.74, 6) is 0.0239. The first-order chi connectivity index (χ1) is 9.51. The van der Waals surface area contributed by atoms with Gasteiger partial charge < -0.3 is 15.7 Å². The van der Waals surface area contributed by atoms with Crippen molar-refractivity contribution in [3.05, 3.63) is 35.4 Å². The molecule has 2 rings (SSSR count). The number of amides is 1. The van der Waals surface area contributed by atoms with E-state index < -0.39 is 6.10 Å². The normalized spacial score (nSPS) is 24.1. The van der Waals surface area contributed by atoms with Crippen LogP contribution in [0.25, 0.3) is 0 Å². The Hall–Kier alpha value is -1.39. The fourth-order valence-corrected chi connectivity index (χ4v) is 2.56. The lowest BCUT2D eigenvalue weighted by molar-refractivity contribution is -0.131. The molecule has 110 valence electrons. The number of nitrogens with one attached hydrogen (secondary N) is 2. The zero-order valence-electron chi connectivity index (χ0n) is 12.3. The van der Waals surface area contributed by atoms with Crippen molar-refractivity contribution < 1.29 is 9.90 Å². The quantitative estimate of drug-likeness (QED) is 0.781. The van der Waals surface area contributed by atoms with Gasteiger partial charge in [-0.05, 0) is 38.8 Å². The van der Waals surface area contributed by atoms with Crippen LogP contribution in [-0.4, -0.2) is 30.6 Å². The van der Waals surface area contributed by atoms with Gasteiger partial charge in [-0.15, -0.1) is 0 Å². The van der Waals surface area contributed by atoms with Crippen molar-refractivity contribution in [2.24, 2.45) is 5.41 Å². The minimum atomic E-state index is -0.653. The van der Waals surface area contributed by atoms with Gasteiger partial charge in [0, 0.05) is 13.1 Å². The number of aliphatic hydroxyl groups excluding tert-OH is 1. The molecule has 0 spiro atoms. The summed E-state index contributed by atoms with van der Waals surface area (Å²) in [4.78, 5) is 12.2. The van der Waals surface area contributed by atoms with Crippen molar-refractivity contribution >= 4 is 5.91 Å². The Labute approximate surface area is 120 Å². The summed E-state index contributed by atoms with van der Waals surface area (Å²) in [5.41, 5.74) is 1.64. The lowest BCUT2D eigenvalue weighted by atomic mass is 9.82. The number of benzene rings is 1. The number of piperidine rings is 1.